The molecule has 0 N–H and O–H groups in total. The Hall–Kier alpha value is -2.53. The van der Waals surface area contributed by atoms with Crippen LogP contribution in [-0.4, -0.2) is 38.4 Å². The van der Waals surface area contributed by atoms with E-state index in [2.05, 4.69) is 12.1 Å². The highest BCUT2D eigenvalue weighted by atomic mass is 16.5. The van der Waals surface area contributed by atoms with E-state index in [1.165, 1.54) is 5.56 Å². The van der Waals surface area contributed by atoms with Crippen molar-refractivity contribution in [2.45, 2.75) is 30.8 Å². The second-order valence-electron chi connectivity index (χ2n) is 7.82. The van der Waals surface area contributed by atoms with Gasteiger partial charge in [0.1, 0.15) is 23.5 Å². The van der Waals surface area contributed by atoms with Gasteiger partial charge in [-0.2, -0.15) is 0 Å². The summed E-state index contributed by atoms with van der Waals surface area (Å²) in [5.41, 5.74) is 3.44. The van der Waals surface area contributed by atoms with Gasteiger partial charge in [0, 0.05) is 30.3 Å². The minimum atomic E-state index is -0.748. The Balaban J connectivity index is 1.49. The number of hydrogen-bond acceptors (Lipinski definition) is 4. The van der Waals surface area contributed by atoms with Crippen molar-refractivity contribution in [2.24, 2.45) is 0 Å². The molecule has 1 spiro atoms. The van der Waals surface area contributed by atoms with E-state index in [1.807, 2.05) is 29.2 Å². The highest BCUT2D eigenvalue weighted by Crippen LogP contribution is 2.54. The molecule has 0 radical (unpaired) electrons. The second kappa shape index (κ2) is 5.49. The number of nitrogens with zero attached hydrogens (tertiary/aromatic N) is 1. The number of benzene rings is 2. The molecule has 2 atom stereocenters. The number of para-hydroxylation sites is 1. The average Bonchev–Trinajstić information content (AvgIpc) is 3.46. The molecule has 138 valence electrons. The molecule has 6 rings (SSSR count). The molecule has 2 aromatic rings. The minimum Gasteiger partial charge on any atom is -0.493 e. The zero-order valence-electron chi connectivity index (χ0n) is 15.1. The normalized spacial score (nSPS) is 27.5. The van der Waals surface area contributed by atoms with Crippen LogP contribution in [0.3, 0.4) is 0 Å². The van der Waals surface area contributed by atoms with Gasteiger partial charge >= 0.3 is 0 Å². The molecule has 4 aliphatic rings. The van der Waals surface area contributed by atoms with Crippen LogP contribution in [0.25, 0.3) is 0 Å². The third-order valence-electron chi connectivity index (χ3n) is 6.37. The zero-order chi connectivity index (χ0) is 18.0. The van der Waals surface area contributed by atoms with Gasteiger partial charge in [0.2, 0.25) is 5.91 Å². The maximum atomic E-state index is 13.8. The lowest BCUT2D eigenvalue weighted by atomic mass is 9.76. The summed E-state index contributed by atoms with van der Waals surface area (Å²) in [5, 5.41) is 0. The van der Waals surface area contributed by atoms with Crippen LogP contribution in [0.15, 0.2) is 36.4 Å². The van der Waals surface area contributed by atoms with Gasteiger partial charge in [0.05, 0.1) is 19.3 Å². The summed E-state index contributed by atoms with van der Waals surface area (Å²) in [7, 11) is 0. The highest BCUT2D eigenvalue weighted by molar-refractivity contribution is 6.11. The van der Waals surface area contributed by atoms with Crippen LogP contribution in [0.1, 0.15) is 29.5 Å². The van der Waals surface area contributed by atoms with E-state index in [1.54, 1.807) is 0 Å². The molecule has 0 bridgehead atoms. The van der Waals surface area contributed by atoms with Gasteiger partial charge in [-0.25, -0.2) is 0 Å². The summed E-state index contributed by atoms with van der Waals surface area (Å²) in [6, 6.07) is 12.2. The minimum absolute atomic E-state index is 0.108. The third-order valence-corrected chi connectivity index (χ3v) is 6.37. The lowest BCUT2D eigenvalue weighted by Gasteiger charge is -2.25. The fourth-order valence-corrected chi connectivity index (χ4v) is 5.02. The van der Waals surface area contributed by atoms with Gasteiger partial charge in [-0.3, -0.25) is 4.79 Å². The molecule has 0 aliphatic carbocycles. The Morgan fingerprint density at radius 3 is 2.89 bits per heavy atom. The second-order valence-corrected chi connectivity index (χ2v) is 7.82. The Morgan fingerprint density at radius 2 is 2.00 bits per heavy atom. The monoisotopic (exact) mass is 363 g/mol. The van der Waals surface area contributed by atoms with Crippen LogP contribution in [0, 0.1) is 0 Å². The molecule has 1 fully saturated rings. The number of anilines is 1. The van der Waals surface area contributed by atoms with Crippen molar-refractivity contribution in [3.05, 3.63) is 53.1 Å². The van der Waals surface area contributed by atoms with E-state index in [-0.39, 0.29) is 12.0 Å². The number of carbonyl (C=O) groups is 1. The largest absolute Gasteiger partial charge is 0.493 e. The van der Waals surface area contributed by atoms with Crippen molar-refractivity contribution in [1.82, 2.24) is 0 Å². The van der Waals surface area contributed by atoms with Gasteiger partial charge in [-0.05, 0) is 36.1 Å². The van der Waals surface area contributed by atoms with Crippen LogP contribution in [0.5, 0.6) is 11.5 Å². The van der Waals surface area contributed by atoms with Crippen molar-refractivity contribution in [2.75, 3.05) is 31.3 Å². The molecule has 0 aromatic heterocycles. The van der Waals surface area contributed by atoms with Crippen LogP contribution in [0.2, 0.25) is 0 Å². The average molecular weight is 363 g/mol. The predicted molar refractivity (Wildman–Crippen MR) is 99.7 cm³/mol. The van der Waals surface area contributed by atoms with Crippen molar-refractivity contribution in [3.8, 4) is 11.5 Å². The topological polar surface area (TPSA) is 48.0 Å². The van der Waals surface area contributed by atoms with E-state index in [4.69, 9.17) is 14.2 Å². The predicted octanol–water partition coefficient (Wildman–Crippen LogP) is 2.83. The van der Waals surface area contributed by atoms with E-state index in [0.29, 0.717) is 19.8 Å². The summed E-state index contributed by atoms with van der Waals surface area (Å²) in [5.74, 6) is 1.77. The first-order valence-corrected chi connectivity index (χ1v) is 9.73. The van der Waals surface area contributed by atoms with Gasteiger partial charge < -0.3 is 19.1 Å². The van der Waals surface area contributed by atoms with Crippen molar-refractivity contribution in [1.29, 1.82) is 0 Å². The highest BCUT2D eigenvalue weighted by Gasteiger charge is 2.57. The van der Waals surface area contributed by atoms with Gasteiger partial charge in [-0.1, -0.05) is 18.2 Å². The van der Waals surface area contributed by atoms with E-state index >= 15 is 0 Å². The molecular formula is C22H21NO4. The van der Waals surface area contributed by atoms with Gasteiger partial charge in [0.15, 0.2) is 0 Å². The molecule has 0 unspecified atom stereocenters. The summed E-state index contributed by atoms with van der Waals surface area (Å²) in [4.78, 5) is 15.7. The first kappa shape index (κ1) is 15.5. The number of carbonyl (C=O) groups excluding carboxylic acids is 1. The molecule has 4 heterocycles. The van der Waals surface area contributed by atoms with E-state index < -0.39 is 5.41 Å². The van der Waals surface area contributed by atoms with E-state index in [0.717, 1.165) is 54.2 Å². The van der Waals surface area contributed by atoms with Crippen LogP contribution >= 0.6 is 0 Å². The first-order valence-electron chi connectivity index (χ1n) is 9.73. The van der Waals surface area contributed by atoms with Crippen LogP contribution in [0.4, 0.5) is 5.69 Å². The lowest BCUT2D eigenvalue weighted by Crippen LogP contribution is -2.45. The summed E-state index contributed by atoms with van der Waals surface area (Å²) < 4.78 is 17.6. The molecule has 5 nitrogen and oxygen atoms in total. The summed E-state index contributed by atoms with van der Waals surface area (Å²) >= 11 is 0. The fourth-order valence-electron chi connectivity index (χ4n) is 5.02. The SMILES string of the molecule is O=C1N(C[C@H]2CCCO2)c2ccccc2[C@]12COc1cc3c(cc12)CCO3. The number of ether oxygens (including phenoxy) is 3. The molecule has 1 amide bonds. The number of amides is 1. The smallest absolute Gasteiger partial charge is 0.245 e. The zero-order valence-corrected chi connectivity index (χ0v) is 15.1. The number of hydrogen-bond donors (Lipinski definition) is 0. The molecule has 5 heteroatoms. The molecule has 1 saturated heterocycles. The summed E-state index contributed by atoms with van der Waals surface area (Å²) in [6.07, 6.45) is 3.08. The molecule has 2 aromatic carbocycles. The van der Waals surface area contributed by atoms with E-state index in [9.17, 15) is 4.79 Å². The molecule has 0 saturated carbocycles. The third kappa shape index (κ3) is 2.00. The van der Waals surface area contributed by atoms with Crippen molar-refractivity contribution in [3.63, 3.8) is 0 Å². The van der Waals surface area contributed by atoms with Crippen LogP contribution < -0.4 is 14.4 Å². The maximum absolute atomic E-state index is 13.8. The number of fused-ring (bicyclic) bond motifs is 5. The standard InChI is InChI=1S/C22H21NO4/c24-21-22(13-27-20-11-19-14(7-9-26-19)10-17(20)22)16-5-1-2-6-18(16)23(21)12-15-4-3-8-25-15/h1-2,5-6,10-11,15H,3-4,7-9,12-13H2/t15-,22+/m1/s1. The lowest BCUT2D eigenvalue weighted by molar-refractivity contribution is -0.122. The molecule has 4 aliphatic heterocycles. The fraction of sp³-hybridized carbons (Fsp3) is 0.409. The van der Waals surface area contributed by atoms with Crippen LogP contribution in [-0.2, 0) is 21.4 Å². The van der Waals surface area contributed by atoms with Gasteiger partial charge in [0.25, 0.3) is 0 Å². The van der Waals surface area contributed by atoms with Crippen molar-refractivity contribution >= 4 is 11.6 Å². The Morgan fingerprint density at radius 1 is 1.07 bits per heavy atom. The number of rotatable bonds is 2. The molecular weight excluding hydrogens is 342 g/mol. The Labute approximate surface area is 157 Å². The Kier molecular flexibility index (Phi) is 3.15. The quantitative estimate of drug-likeness (QED) is 0.823. The summed E-state index contributed by atoms with van der Waals surface area (Å²) in [6.45, 7) is 2.45. The Bertz CT molecular complexity index is 949. The first-order chi connectivity index (χ1) is 13.3. The maximum Gasteiger partial charge on any atom is 0.245 e. The van der Waals surface area contributed by atoms with Gasteiger partial charge in [-0.15, -0.1) is 0 Å². The van der Waals surface area contributed by atoms with Crippen molar-refractivity contribution < 1.29 is 19.0 Å². The molecule has 27 heavy (non-hydrogen) atoms.